The molecule has 0 saturated carbocycles. The summed E-state index contributed by atoms with van der Waals surface area (Å²) in [5.74, 6) is 0.434. The second-order valence-corrected chi connectivity index (χ2v) is 4.26. The molecule has 0 radical (unpaired) electrons. The first-order valence-electron chi connectivity index (χ1n) is 5.96. The van der Waals surface area contributed by atoms with E-state index in [0.29, 0.717) is 18.3 Å². The SMILES string of the molecule is CCC(C)NCC(=O)c1cc2ccccc2o1. The van der Waals surface area contributed by atoms with Crippen LogP contribution in [0.15, 0.2) is 34.7 Å². The molecule has 3 heteroatoms. The van der Waals surface area contributed by atoms with E-state index >= 15 is 0 Å². The van der Waals surface area contributed by atoms with Crippen molar-refractivity contribution in [1.82, 2.24) is 5.32 Å². The highest BCUT2D eigenvalue weighted by Crippen LogP contribution is 2.18. The monoisotopic (exact) mass is 231 g/mol. The lowest BCUT2D eigenvalue weighted by atomic mass is 10.2. The second-order valence-electron chi connectivity index (χ2n) is 4.26. The molecular weight excluding hydrogens is 214 g/mol. The molecule has 0 bridgehead atoms. The summed E-state index contributed by atoms with van der Waals surface area (Å²) in [5, 5.41) is 4.14. The van der Waals surface area contributed by atoms with E-state index in [-0.39, 0.29) is 5.78 Å². The van der Waals surface area contributed by atoms with E-state index in [9.17, 15) is 4.79 Å². The van der Waals surface area contributed by atoms with Gasteiger partial charge >= 0.3 is 0 Å². The predicted octanol–water partition coefficient (Wildman–Crippen LogP) is 3.00. The number of carbonyl (C=O) groups excluding carboxylic acids is 1. The Morgan fingerprint density at radius 3 is 2.88 bits per heavy atom. The zero-order valence-electron chi connectivity index (χ0n) is 10.2. The van der Waals surface area contributed by atoms with Crippen LogP contribution < -0.4 is 5.32 Å². The van der Waals surface area contributed by atoms with Gasteiger partial charge in [-0.05, 0) is 25.5 Å². The van der Waals surface area contributed by atoms with Crippen molar-refractivity contribution in [3.05, 3.63) is 36.1 Å². The average Bonchev–Trinajstić information content (AvgIpc) is 2.79. The minimum atomic E-state index is 0.00139. The molecule has 17 heavy (non-hydrogen) atoms. The summed E-state index contributed by atoms with van der Waals surface area (Å²) in [4.78, 5) is 11.9. The summed E-state index contributed by atoms with van der Waals surface area (Å²) >= 11 is 0. The van der Waals surface area contributed by atoms with Gasteiger partial charge in [0.25, 0.3) is 0 Å². The van der Waals surface area contributed by atoms with E-state index in [1.54, 1.807) is 6.07 Å². The molecule has 1 atom stereocenters. The zero-order valence-corrected chi connectivity index (χ0v) is 10.2. The van der Waals surface area contributed by atoms with E-state index in [2.05, 4.69) is 19.2 Å². The van der Waals surface area contributed by atoms with Crippen LogP contribution in [0.25, 0.3) is 11.0 Å². The molecule has 2 rings (SSSR count). The summed E-state index contributed by atoms with van der Waals surface area (Å²) in [6.07, 6.45) is 1.01. The quantitative estimate of drug-likeness (QED) is 0.804. The van der Waals surface area contributed by atoms with Crippen LogP contribution >= 0.6 is 0 Å². The third-order valence-corrected chi connectivity index (χ3v) is 2.92. The number of hydrogen-bond donors (Lipinski definition) is 1. The lowest BCUT2D eigenvalue weighted by Gasteiger charge is -2.08. The predicted molar refractivity (Wildman–Crippen MR) is 68.3 cm³/mol. The van der Waals surface area contributed by atoms with Gasteiger partial charge in [0.15, 0.2) is 5.76 Å². The van der Waals surface area contributed by atoms with E-state index in [4.69, 9.17) is 4.42 Å². The molecule has 0 amide bonds. The largest absolute Gasteiger partial charge is 0.453 e. The van der Waals surface area contributed by atoms with Crippen molar-refractivity contribution in [2.24, 2.45) is 0 Å². The molecule has 1 unspecified atom stereocenters. The van der Waals surface area contributed by atoms with Crippen LogP contribution in [0.1, 0.15) is 30.8 Å². The Kier molecular flexibility index (Phi) is 3.59. The first-order valence-corrected chi connectivity index (χ1v) is 5.96. The van der Waals surface area contributed by atoms with E-state index < -0.39 is 0 Å². The molecule has 2 aromatic rings. The van der Waals surface area contributed by atoms with Gasteiger partial charge in [0.2, 0.25) is 5.78 Å². The van der Waals surface area contributed by atoms with Gasteiger partial charge in [0, 0.05) is 11.4 Å². The van der Waals surface area contributed by atoms with Crippen molar-refractivity contribution < 1.29 is 9.21 Å². The maximum Gasteiger partial charge on any atom is 0.211 e. The molecule has 1 heterocycles. The van der Waals surface area contributed by atoms with Gasteiger partial charge in [-0.1, -0.05) is 25.1 Å². The Labute approximate surface area is 101 Å². The molecule has 0 aliphatic carbocycles. The molecule has 0 aliphatic heterocycles. The minimum absolute atomic E-state index is 0.00139. The number of carbonyl (C=O) groups is 1. The number of ketones is 1. The number of rotatable bonds is 5. The molecule has 1 aromatic heterocycles. The topological polar surface area (TPSA) is 42.2 Å². The standard InChI is InChI=1S/C14H17NO2/c1-3-10(2)15-9-12(16)14-8-11-6-4-5-7-13(11)17-14/h4-8,10,15H,3,9H2,1-2H3. The van der Waals surface area contributed by atoms with E-state index in [1.807, 2.05) is 24.3 Å². The molecule has 1 N–H and O–H groups in total. The van der Waals surface area contributed by atoms with Gasteiger partial charge in [0.1, 0.15) is 5.58 Å². The highest BCUT2D eigenvalue weighted by atomic mass is 16.3. The number of Topliss-reactive ketones (excluding diaryl/α,β-unsaturated/α-hetero) is 1. The molecule has 0 spiro atoms. The molecule has 0 fully saturated rings. The van der Waals surface area contributed by atoms with Gasteiger partial charge < -0.3 is 9.73 Å². The van der Waals surface area contributed by atoms with Gasteiger partial charge in [-0.25, -0.2) is 0 Å². The van der Waals surface area contributed by atoms with Crippen LogP contribution in [0, 0.1) is 0 Å². The van der Waals surface area contributed by atoms with Crippen molar-refractivity contribution in [2.75, 3.05) is 6.54 Å². The number of furan rings is 1. The van der Waals surface area contributed by atoms with Gasteiger partial charge in [-0.3, -0.25) is 4.79 Å². The van der Waals surface area contributed by atoms with Crippen LogP contribution in [0.2, 0.25) is 0 Å². The number of fused-ring (bicyclic) bond motifs is 1. The highest BCUT2D eigenvalue weighted by molar-refractivity contribution is 5.98. The van der Waals surface area contributed by atoms with Crippen LogP contribution in [0.4, 0.5) is 0 Å². The van der Waals surface area contributed by atoms with Crippen LogP contribution in [-0.4, -0.2) is 18.4 Å². The highest BCUT2D eigenvalue weighted by Gasteiger charge is 2.12. The normalized spacial score (nSPS) is 12.8. The Morgan fingerprint density at radius 1 is 1.41 bits per heavy atom. The third kappa shape index (κ3) is 2.74. The number of para-hydroxylation sites is 1. The lowest BCUT2D eigenvalue weighted by molar-refractivity contribution is 0.0963. The maximum atomic E-state index is 11.9. The Morgan fingerprint density at radius 2 is 2.18 bits per heavy atom. The van der Waals surface area contributed by atoms with Crippen molar-refractivity contribution in [3.8, 4) is 0 Å². The Balaban J connectivity index is 2.08. The van der Waals surface area contributed by atoms with Crippen LogP contribution in [0.3, 0.4) is 0 Å². The fraction of sp³-hybridized carbons (Fsp3) is 0.357. The van der Waals surface area contributed by atoms with Crippen LogP contribution in [0.5, 0.6) is 0 Å². The first kappa shape index (κ1) is 11.9. The molecule has 3 nitrogen and oxygen atoms in total. The summed E-state index contributed by atoms with van der Waals surface area (Å²) in [7, 11) is 0. The minimum Gasteiger partial charge on any atom is -0.453 e. The third-order valence-electron chi connectivity index (χ3n) is 2.92. The maximum absolute atomic E-state index is 11.9. The lowest BCUT2D eigenvalue weighted by Crippen LogP contribution is -2.30. The number of nitrogens with one attached hydrogen (secondary N) is 1. The zero-order chi connectivity index (χ0) is 12.3. The van der Waals surface area contributed by atoms with Crippen LogP contribution in [-0.2, 0) is 0 Å². The molecule has 0 aliphatic rings. The second kappa shape index (κ2) is 5.15. The Hall–Kier alpha value is -1.61. The summed E-state index contributed by atoms with van der Waals surface area (Å²) in [5.41, 5.74) is 0.763. The van der Waals surface area contributed by atoms with Crippen molar-refractivity contribution in [3.63, 3.8) is 0 Å². The van der Waals surface area contributed by atoms with Crippen molar-refractivity contribution >= 4 is 16.8 Å². The smallest absolute Gasteiger partial charge is 0.211 e. The average molecular weight is 231 g/mol. The summed E-state index contributed by atoms with van der Waals surface area (Å²) < 4.78 is 5.51. The summed E-state index contributed by atoms with van der Waals surface area (Å²) in [6, 6.07) is 9.80. The van der Waals surface area contributed by atoms with Gasteiger partial charge in [-0.2, -0.15) is 0 Å². The molecular formula is C14H17NO2. The molecule has 1 aromatic carbocycles. The fourth-order valence-electron chi connectivity index (χ4n) is 1.62. The van der Waals surface area contributed by atoms with Crippen molar-refractivity contribution in [2.45, 2.75) is 26.3 Å². The molecule has 0 saturated heterocycles. The van der Waals surface area contributed by atoms with Gasteiger partial charge in [-0.15, -0.1) is 0 Å². The van der Waals surface area contributed by atoms with Gasteiger partial charge in [0.05, 0.1) is 6.54 Å². The van der Waals surface area contributed by atoms with E-state index in [1.165, 1.54) is 0 Å². The van der Waals surface area contributed by atoms with E-state index in [0.717, 1.165) is 17.4 Å². The fourth-order valence-corrected chi connectivity index (χ4v) is 1.62. The number of hydrogen-bond acceptors (Lipinski definition) is 3. The molecule has 90 valence electrons. The first-order chi connectivity index (χ1) is 8.20. The Bertz CT molecular complexity index is 483. The van der Waals surface area contributed by atoms with Crippen molar-refractivity contribution in [1.29, 1.82) is 0 Å². The summed E-state index contributed by atoms with van der Waals surface area (Å²) in [6.45, 7) is 4.48. The number of benzene rings is 1.